The molecule has 0 radical (unpaired) electrons. The molecule has 0 aliphatic rings. The molecule has 2 aromatic carbocycles. The van der Waals surface area contributed by atoms with Gasteiger partial charge in [0.15, 0.2) is 0 Å². The lowest BCUT2D eigenvalue weighted by Crippen LogP contribution is -2.19. The van der Waals surface area contributed by atoms with Gasteiger partial charge in [0.2, 0.25) is 0 Å². The van der Waals surface area contributed by atoms with E-state index in [0.717, 1.165) is 5.56 Å². The number of carbonyl (C=O) groups is 1. The van der Waals surface area contributed by atoms with Crippen LogP contribution in [0.4, 0.5) is 0 Å². The molecule has 0 aromatic heterocycles. The highest BCUT2D eigenvalue weighted by atomic mass is 35.5. The number of rotatable bonds is 5. The van der Waals surface area contributed by atoms with Crippen molar-refractivity contribution in [2.45, 2.75) is 12.8 Å². The van der Waals surface area contributed by atoms with Crippen molar-refractivity contribution < 1.29 is 9.90 Å². The van der Waals surface area contributed by atoms with Gasteiger partial charge in [0.1, 0.15) is 0 Å². The molecule has 2 aromatic rings. The van der Waals surface area contributed by atoms with Gasteiger partial charge in [-0.25, -0.2) is 0 Å². The lowest BCUT2D eigenvalue weighted by molar-refractivity contribution is -0.141. The van der Waals surface area contributed by atoms with Gasteiger partial charge in [0, 0.05) is 15.1 Å². The van der Waals surface area contributed by atoms with E-state index in [9.17, 15) is 9.90 Å². The molecule has 0 amide bonds. The summed E-state index contributed by atoms with van der Waals surface area (Å²) in [5.74, 6) is -1.53. The van der Waals surface area contributed by atoms with Crippen LogP contribution in [0, 0.1) is 5.92 Å². The van der Waals surface area contributed by atoms with Crippen molar-refractivity contribution in [3.63, 3.8) is 0 Å². The summed E-state index contributed by atoms with van der Waals surface area (Å²) in [7, 11) is 0. The monoisotopic (exact) mass is 342 g/mol. The molecule has 1 unspecified atom stereocenters. The third kappa shape index (κ3) is 4.13. The van der Waals surface area contributed by atoms with Gasteiger partial charge >= 0.3 is 5.97 Å². The predicted molar refractivity (Wildman–Crippen MR) is 86.4 cm³/mol. The van der Waals surface area contributed by atoms with Gasteiger partial charge in [0.25, 0.3) is 0 Å². The van der Waals surface area contributed by atoms with Gasteiger partial charge in [0.05, 0.1) is 5.92 Å². The predicted octanol–water partition coefficient (Wildman–Crippen LogP) is 5.13. The first kappa shape index (κ1) is 16.2. The molecular formula is C16H13Cl3O2. The standard InChI is InChI=1S/C16H13Cl3O2/c17-13-5-2-1-4-10(13)8-11(16(20)21)9-12-14(18)6-3-7-15(12)19/h1-7,11H,8-9H2,(H,20,21). The van der Waals surface area contributed by atoms with Crippen LogP contribution >= 0.6 is 34.8 Å². The highest BCUT2D eigenvalue weighted by molar-refractivity contribution is 6.36. The average molecular weight is 344 g/mol. The molecule has 0 fully saturated rings. The van der Waals surface area contributed by atoms with Gasteiger partial charge in [-0.15, -0.1) is 0 Å². The van der Waals surface area contributed by atoms with E-state index in [1.807, 2.05) is 18.2 Å². The Hall–Kier alpha value is -1.22. The quantitative estimate of drug-likeness (QED) is 0.817. The number of hydrogen-bond acceptors (Lipinski definition) is 1. The summed E-state index contributed by atoms with van der Waals surface area (Å²) in [5, 5.41) is 11.0. The molecule has 110 valence electrons. The molecule has 2 rings (SSSR count). The minimum absolute atomic E-state index is 0.263. The Kier molecular flexibility index (Phi) is 5.51. The fourth-order valence-electron chi connectivity index (χ4n) is 2.15. The highest BCUT2D eigenvalue weighted by Gasteiger charge is 2.22. The van der Waals surface area contributed by atoms with Gasteiger partial charge in [-0.05, 0) is 42.2 Å². The van der Waals surface area contributed by atoms with Crippen molar-refractivity contribution in [3.05, 3.63) is 68.7 Å². The van der Waals surface area contributed by atoms with Crippen LogP contribution in [0.25, 0.3) is 0 Å². The van der Waals surface area contributed by atoms with E-state index < -0.39 is 11.9 Å². The minimum atomic E-state index is -0.897. The molecule has 0 aliphatic carbocycles. The van der Waals surface area contributed by atoms with Crippen molar-refractivity contribution in [1.29, 1.82) is 0 Å². The van der Waals surface area contributed by atoms with Crippen molar-refractivity contribution >= 4 is 40.8 Å². The van der Waals surface area contributed by atoms with Gasteiger partial charge < -0.3 is 5.11 Å². The zero-order valence-corrected chi connectivity index (χ0v) is 13.3. The second-order valence-corrected chi connectivity index (χ2v) is 5.96. The van der Waals surface area contributed by atoms with Crippen LogP contribution < -0.4 is 0 Å². The smallest absolute Gasteiger partial charge is 0.307 e. The molecule has 1 atom stereocenters. The maximum atomic E-state index is 11.5. The Morgan fingerprint density at radius 3 is 2.05 bits per heavy atom. The van der Waals surface area contributed by atoms with Crippen molar-refractivity contribution in [2.24, 2.45) is 5.92 Å². The topological polar surface area (TPSA) is 37.3 Å². The maximum absolute atomic E-state index is 11.5. The molecule has 5 heteroatoms. The molecule has 2 nitrogen and oxygen atoms in total. The largest absolute Gasteiger partial charge is 0.481 e. The van der Waals surface area contributed by atoms with Crippen molar-refractivity contribution in [3.8, 4) is 0 Å². The lowest BCUT2D eigenvalue weighted by Gasteiger charge is -2.15. The molecular weight excluding hydrogens is 331 g/mol. The van der Waals surface area contributed by atoms with E-state index in [2.05, 4.69) is 0 Å². The molecule has 0 heterocycles. The molecule has 21 heavy (non-hydrogen) atoms. The number of hydrogen-bond donors (Lipinski definition) is 1. The fraction of sp³-hybridized carbons (Fsp3) is 0.188. The van der Waals surface area contributed by atoms with E-state index in [4.69, 9.17) is 34.8 Å². The molecule has 0 bridgehead atoms. The molecule has 1 N–H and O–H groups in total. The fourth-order valence-corrected chi connectivity index (χ4v) is 2.91. The molecule has 0 aliphatic heterocycles. The second kappa shape index (κ2) is 7.17. The Labute approximate surface area is 138 Å². The van der Waals surface area contributed by atoms with Crippen LogP contribution in [0.3, 0.4) is 0 Å². The SMILES string of the molecule is O=C(O)C(Cc1ccccc1Cl)Cc1c(Cl)cccc1Cl. The summed E-state index contributed by atoms with van der Waals surface area (Å²) >= 11 is 18.3. The van der Waals surface area contributed by atoms with Crippen molar-refractivity contribution in [2.75, 3.05) is 0 Å². The highest BCUT2D eigenvalue weighted by Crippen LogP contribution is 2.29. The van der Waals surface area contributed by atoms with Gasteiger partial charge in [-0.2, -0.15) is 0 Å². The van der Waals surface area contributed by atoms with Gasteiger partial charge in [-0.1, -0.05) is 59.1 Å². The van der Waals surface area contributed by atoms with Gasteiger partial charge in [-0.3, -0.25) is 4.79 Å². The summed E-state index contributed by atoms with van der Waals surface area (Å²) < 4.78 is 0. The van der Waals surface area contributed by atoms with Crippen LogP contribution in [-0.4, -0.2) is 11.1 Å². The zero-order valence-electron chi connectivity index (χ0n) is 11.0. The van der Waals surface area contributed by atoms with Crippen LogP contribution in [0.2, 0.25) is 15.1 Å². The third-order valence-corrected chi connectivity index (χ3v) is 4.36. The number of aliphatic carboxylic acids is 1. The Bertz CT molecular complexity index is 635. The first-order chi connectivity index (χ1) is 9.99. The van der Waals surface area contributed by atoms with Crippen LogP contribution in [-0.2, 0) is 17.6 Å². The summed E-state index contributed by atoms with van der Waals surface area (Å²) in [4.78, 5) is 11.5. The second-order valence-electron chi connectivity index (χ2n) is 4.74. The molecule has 0 saturated heterocycles. The summed E-state index contributed by atoms with van der Waals surface area (Å²) in [6.07, 6.45) is 0.593. The number of benzene rings is 2. The summed E-state index contributed by atoms with van der Waals surface area (Å²) in [5.41, 5.74) is 1.45. The first-order valence-corrected chi connectivity index (χ1v) is 7.51. The van der Waals surface area contributed by atoms with E-state index in [1.165, 1.54) is 0 Å². The van der Waals surface area contributed by atoms with Crippen LogP contribution in [0.1, 0.15) is 11.1 Å². The number of halogens is 3. The van der Waals surface area contributed by atoms with Crippen LogP contribution in [0.5, 0.6) is 0 Å². The third-order valence-electron chi connectivity index (χ3n) is 3.29. The maximum Gasteiger partial charge on any atom is 0.307 e. The van der Waals surface area contributed by atoms with Crippen molar-refractivity contribution in [1.82, 2.24) is 0 Å². The normalized spacial score (nSPS) is 12.1. The molecule has 0 saturated carbocycles. The first-order valence-electron chi connectivity index (χ1n) is 6.38. The van der Waals surface area contributed by atoms with E-state index in [0.29, 0.717) is 27.1 Å². The Balaban J connectivity index is 2.25. The summed E-state index contributed by atoms with van der Waals surface area (Å²) in [6.45, 7) is 0. The zero-order chi connectivity index (χ0) is 15.4. The van der Waals surface area contributed by atoms with E-state index >= 15 is 0 Å². The Morgan fingerprint density at radius 1 is 0.905 bits per heavy atom. The van der Waals surface area contributed by atoms with E-state index in [-0.39, 0.29) is 6.42 Å². The van der Waals surface area contributed by atoms with E-state index in [1.54, 1.807) is 24.3 Å². The summed E-state index contributed by atoms with van der Waals surface area (Å²) in [6, 6.07) is 12.4. The minimum Gasteiger partial charge on any atom is -0.481 e. The average Bonchev–Trinajstić information content (AvgIpc) is 2.43. The number of carboxylic acids is 1. The van der Waals surface area contributed by atoms with Crippen LogP contribution in [0.15, 0.2) is 42.5 Å². The molecule has 0 spiro atoms. The lowest BCUT2D eigenvalue weighted by atomic mass is 9.92. The Morgan fingerprint density at radius 2 is 1.48 bits per heavy atom. The number of carboxylic acid groups (broad SMARTS) is 1.